The lowest BCUT2D eigenvalue weighted by Crippen LogP contribution is -2.23. The SMILES string of the molecule is CCOCCCNCCOc1cc(C)cc(C(C)C)c1. The van der Waals surface area contributed by atoms with Crippen molar-refractivity contribution in [2.75, 3.05) is 32.9 Å². The van der Waals surface area contributed by atoms with Crippen molar-refractivity contribution in [3.8, 4) is 5.75 Å². The predicted molar refractivity (Wildman–Crippen MR) is 84.7 cm³/mol. The Morgan fingerprint density at radius 1 is 1.10 bits per heavy atom. The highest BCUT2D eigenvalue weighted by molar-refractivity contribution is 5.35. The van der Waals surface area contributed by atoms with Gasteiger partial charge in [0.1, 0.15) is 12.4 Å². The molecule has 0 fully saturated rings. The fourth-order valence-electron chi connectivity index (χ4n) is 2.00. The standard InChI is InChI=1S/C17H29NO2/c1-5-19-9-6-7-18-8-10-20-17-12-15(4)11-16(13-17)14(2)3/h11-14,18H,5-10H2,1-4H3. The van der Waals surface area contributed by atoms with Gasteiger partial charge in [0.25, 0.3) is 0 Å². The number of nitrogens with one attached hydrogen (secondary N) is 1. The van der Waals surface area contributed by atoms with Crippen molar-refractivity contribution in [2.24, 2.45) is 0 Å². The molecular formula is C17H29NO2. The van der Waals surface area contributed by atoms with E-state index in [1.54, 1.807) is 0 Å². The van der Waals surface area contributed by atoms with Gasteiger partial charge in [0.2, 0.25) is 0 Å². The summed E-state index contributed by atoms with van der Waals surface area (Å²) in [7, 11) is 0. The molecule has 114 valence electrons. The van der Waals surface area contributed by atoms with Gasteiger partial charge in [0, 0.05) is 19.8 Å². The normalized spacial score (nSPS) is 11.1. The molecule has 0 spiro atoms. The molecule has 0 heterocycles. The van der Waals surface area contributed by atoms with Crippen LogP contribution < -0.4 is 10.1 Å². The number of ether oxygens (including phenoxy) is 2. The molecule has 0 atom stereocenters. The van der Waals surface area contributed by atoms with E-state index < -0.39 is 0 Å². The second-order valence-electron chi connectivity index (χ2n) is 5.38. The second-order valence-corrected chi connectivity index (χ2v) is 5.38. The van der Waals surface area contributed by atoms with Crippen molar-refractivity contribution in [3.63, 3.8) is 0 Å². The number of hydrogen-bond acceptors (Lipinski definition) is 3. The van der Waals surface area contributed by atoms with Crippen LogP contribution >= 0.6 is 0 Å². The molecule has 0 amide bonds. The fraction of sp³-hybridized carbons (Fsp3) is 0.647. The van der Waals surface area contributed by atoms with E-state index in [-0.39, 0.29) is 0 Å². The summed E-state index contributed by atoms with van der Waals surface area (Å²) >= 11 is 0. The lowest BCUT2D eigenvalue weighted by atomic mass is 10.0. The number of benzene rings is 1. The molecule has 20 heavy (non-hydrogen) atoms. The molecule has 0 saturated heterocycles. The molecule has 0 radical (unpaired) electrons. The summed E-state index contributed by atoms with van der Waals surface area (Å²) in [5, 5.41) is 3.36. The van der Waals surface area contributed by atoms with Crippen LogP contribution in [-0.4, -0.2) is 32.9 Å². The highest BCUT2D eigenvalue weighted by Crippen LogP contribution is 2.22. The van der Waals surface area contributed by atoms with E-state index in [4.69, 9.17) is 9.47 Å². The molecular weight excluding hydrogens is 250 g/mol. The smallest absolute Gasteiger partial charge is 0.119 e. The van der Waals surface area contributed by atoms with Crippen molar-refractivity contribution in [3.05, 3.63) is 29.3 Å². The maximum atomic E-state index is 5.81. The molecule has 3 heteroatoms. The van der Waals surface area contributed by atoms with Crippen LogP contribution in [0.5, 0.6) is 5.75 Å². The van der Waals surface area contributed by atoms with Crippen LogP contribution in [0.4, 0.5) is 0 Å². The zero-order valence-electron chi connectivity index (χ0n) is 13.4. The number of hydrogen-bond donors (Lipinski definition) is 1. The summed E-state index contributed by atoms with van der Waals surface area (Å²) in [6.07, 6.45) is 1.05. The van der Waals surface area contributed by atoms with Crippen molar-refractivity contribution >= 4 is 0 Å². The van der Waals surface area contributed by atoms with Crippen LogP contribution in [0, 0.1) is 6.92 Å². The van der Waals surface area contributed by atoms with Crippen LogP contribution in [0.3, 0.4) is 0 Å². The van der Waals surface area contributed by atoms with Gasteiger partial charge in [0.05, 0.1) is 0 Å². The minimum absolute atomic E-state index is 0.536. The maximum Gasteiger partial charge on any atom is 0.119 e. The fourth-order valence-corrected chi connectivity index (χ4v) is 2.00. The van der Waals surface area contributed by atoms with E-state index in [0.29, 0.717) is 12.5 Å². The minimum atomic E-state index is 0.536. The molecule has 1 rings (SSSR count). The summed E-state index contributed by atoms with van der Waals surface area (Å²) in [5.74, 6) is 1.51. The van der Waals surface area contributed by atoms with Crippen LogP contribution in [0.15, 0.2) is 18.2 Å². The summed E-state index contributed by atoms with van der Waals surface area (Å²) < 4.78 is 11.1. The Hall–Kier alpha value is -1.06. The second kappa shape index (κ2) is 9.78. The lowest BCUT2D eigenvalue weighted by molar-refractivity contribution is 0.144. The van der Waals surface area contributed by atoms with Crippen molar-refractivity contribution in [1.29, 1.82) is 0 Å². The van der Waals surface area contributed by atoms with E-state index >= 15 is 0 Å². The molecule has 1 aromatic carbocycles. The first-order valence-corrected chi connectivity index (χ1v) is 7.66. The van der Waals surface area contributed by atoms with E-state index in [1.165, 1.54) is 11.1 Å². The van der Waals surface area contributed by atoms with Gasteiger partial charge in [-0.05, 0) is 56.0 Å². The number of rotatable bonds is 10. The summed E-state index contributed by atoms with van der Waals surface area (Å²) in [5.41, 5.74) is 2.60. The molecule has 0 aliphatic carbocycles. The van der Waals surface area contributed by atoms with Gasteiger partial charge >= 0.3 is 0 Å². The number of aryl methyl sites for hydroxylation is 1. The van der Waals surface area contributed by atoms with Crippen molar-refractivity contribution in [2.45, 2.75) is 40.0 Å². The topological polar surface area (TPSA) is 30.5 Å². The van der Waals surface area contributed by atoms with Gasteiger partial charge < -0.3 is 14.8 Å². The van der Waals surface area contributed by atoms with E-state index in [2.05, 4.69) is 44.3 Å². The predicted octanol–water partition coefficient (Wildman–Crippen LogP) is 3.51. The van der Waals surface area contributed by atoms with Crippen LogP contribution in [0.2, 0.25) is 0 Å². The Kier molecular flexibility index (Phi) is 8.31. The minimum Gasteiger partial charge on any atom is -0.492 e. The Bertz CT molecular complexity index is 377. The average molecular weight is 279 g/mol. The van der Waals surface area contributed by atoms with Gasteiger partial charge in [-0.2, -0.15) is 0 Å². The van der Waals surface area contributed by atoms with Gasteiger partial charge in [-0.25, -0.2) is 0 Å². The van der Waals surface area contributed by atoms with Crippen molar-refractivity contribution < 1.29 is 9.47 Å². The summed E-state index contributed by atoms with van der Waals surface area (Å²) in [6, 6.07) is 6.47. The first-order valence-electron chi connectivity index (χ1n) is 7.66. The van der Waals surface area contributed by atoms with Gasteiger partial charge in [-0.15, -0.1) is 0 Å². The molecule has 0 aliphatic rings. The Morgan fingerprint density at radius 2 is 1.90 bits per heavy atom. The van der Waals surface area contributed by atoms with E-state index in [0.717, 1.165) is 38.5 Å². The first kappa shape index (κ1) is 17.0. The zero-order chi connectivity index (χ0) is 14.8. The molecule has 0 aromatic heterocycles. The third kappa shape index (κ3) is 6.92. The third-order valence-electron chi connectivity index (χ3n) is 3.13. The molecule has 0 bridgehead atoms. The Balaban J connectivity index is 2.21. The largest absolute Gasteiger partial charge is 0.492 e. The Morgan fingerprint density at radius 3 is 2.60 bits per heavy atom. The monoisotopic (exact) mass is 279 g/mol. The van der Waals surface area contributed by atoms with Gasteiger partial charge in [-0.3, -0.25) is 0 Å². The summed E-state index contributed by atoms with van der Waals surface area (Å²) in [4.78, 5) is 0. The van der Waals surface area contributed by atoms with E-state index in [1.807, 2.05) is 6.92 Å². The summed E-state index contributed by atoms with van der Waals surface area (Å²) in [6.45, 7) is 12.7. The highest BCUT2D eigenvalue weighted by Gasteiger charge is 2.03. The quantitative estimate of drug-likeness (QED) is 0.665. The molecule has 3 nitrogen and oxygen atoms in total. The molecule has 1 N–H and O–H groups in total. The molecule has 0 unspecified atom stereocenters. The maximum absolute atomic E-state index is 5.81. The molecule has 1 aromatic rings. The Labute approximate surface area is 123 Å². The highest BCUT2D eigenvalue weighted by atomic mass is 16.5. The third-order valence-corrected chi connectivity index (χ3v) is 3.13. The molecule has 0 aliphatic heterocycles. The van der Waals surface area contributed by atoms with E-state index in [9.17, 15) is 0 Å². The lowest BCUT2D eigenvalue weighted by Gasteiger charge is -2.12. The van der Waals surface area contributed by atoms with Crippen molar-refractivity contribution in [1.82, 2.24) is 5.32 Å². The van der Waals surface area contributed by atoms with Crippen LogP contribution in [-0.2, 0) is 4.74 Å². The van der Waals surface area contributed by atoms with Crippen LogP contribution in [0.1, 0.15) is 44.2 Å². The molecule has 0 saturated carbocycles. The first-order chi connectivity index (χ1) is 9.63. The average Bonchev–Trinajstić information content (AvgIpc) is 2.41. The zero-order valence-corrected chi connectivity index (χ0v) is 13.4. The van der Waals surface area contributed by atoms with Crippen LogP contribution in [0.25, 0.3) is 0 Å². The van der Waals surface area contributed by atoms with Gasteiger partial charge in [0.15, 0.2) is 0 Å². The van der Waals surface area contributed by atoms with Gasteiger partial charge in [-0.1, -0.05) is 19.9 Å².